The third kappa shape index (κ3) is 3.41. The number of anilines is 1. The van der Waals surface area contributed by atoms with Crippen LogP contribution in [-0.2, 0) is 11.3 Å². The molecule has 0 unspecified atom stereocenters. The highest BCUT2D eigenvalue weighted by atomic mass is 35.5. The van der Waals surface area contributed by atoms with Crippen molar-refractivity contribution >= 4 is 34.1 Å². The van der Waals surface area contributed by atoms with Gasteiger partial charge in [0.2, 0.25) is 5.91 Å². The number of rotatable bonds is 4. The van der Waals surface area contributed by atoms with Crippen molar-refractivity contribution in [1.29, 1.82) is 0 Å². The smallest absolute Gasteiger partial charge is 0.261 e. The summed E-state index contributed by atoms with van der Waals surface area (Å²) in [5, 5.41) is 3.79. The third-order valence-electron chi connectivity index (χ3n) is 4.12. The number of nitrogens with zero attached hydrogens (tertiary/aromatic N) is 2. The number of hydrogen-bond acceptors (Lipinski definition) is 4. The van der Waals surface area contributed by atoms with Crippen LogP contribution in [0.3, 0.4) is 0 Å². The molecule has 0 radical (unpaired) electrons. The Morgan fingerprint density at radius 2 is 2.04 bits per heavy atom. The molecule has 1 heterocycles. The standard InChI is InChI=1S/C19H18ClN3O3/c1-11-5-4-6-13-18(11)21-10-23(19(13)25)9-17(24)22-15-7-12(2)14(20)8-16(15)26-3/h4-8,10H,9H2,1-3H3,(H,22,24). The minimum Gasteiger partial charge on any atom is -0.495 e. The monoisotopic (exact) mass is 371 g/mol. The largest absolute Gasteiger partial charge is 0.495 e. The molecule has 6 nitrogen and oxygen atoms in total. The van der Waals surface area contributed by atoms with Crippen LogP contribution in [0.1, 0.15) is 11.1 Å². The minimum absolute atomic E-state index is 0.152. The summed E-state index contributed by atoms with van der Waals surface area (Å²) in [6.07, 6.45) is 1.39. The molecule has 0 aliphatic rings. The summed E-state index contributed by atoms with van der Waals surface area (Å²) in [7, 11) is 1.50. The topological polar surface area (TPSA) is 73.2 Å². The Hall–Kier alpha value is -2.86. The Morgan fingerprint density at radius 1 is 1.27 bits per heavy atom. The van der Waals surface area contributed by atoms with E-state index in [0.29, 0.717) is 27.4 Å². The van der Waals surface area contributed by atoms with Crippen LogP contribution in [-0.4, -0.2) is 22.6 Å². The van der Waals surface area contributed by atoms with Gasteiger partial charge < -0.3 is 10.1 Å². The van der Waals surface area contributed by atoms with E-state index in [9.17, 15) is 9.59 Å². The van der Waals surface area contributed by atoms with Gasteiger partial charge in [0.25, 0.3) is 5.56 Å². The molecule has 0 saturated heterocycles. The predicted octanol–water partition coefficient (Wildman–Crippen LogP) is 3.31. The molecule has 0 aliphatic heterocycles. The normalized spacial score (nSPS) is 10.8. The molecule has 3 aromatic rings. The van der Waals surface area contributed by atoms with Gasteiger partial charge in [0.05, 0.1) is 30.0 Å². The second-order valence-corrected chi connectivity index (χ2v) is 6.41. The van der Waals surface area contributed by atoms with Crippen molar-refractivity contribution < 1.29 is 9.53 Å². The molecule has 1 N–H and O–H groups in total. The molecule has 0 bridgehead atoms. The maximum absolute atomic E-state index is 12.6. The molecular weight excluding hydrogens is 354 g/mol. The number of methoxy groups -OCH3 is 1. The van der Waals surface area contributed by atoms with E-state index in [0.717, 1.165) is 11.1 Å². The van der Waals surface area contributed by atoms with Gasteiger partial charge in [0.15, 0.2) is 0 Å². The molecular formula is C19H18ClN3O3. The van der Waals surface area contributed by atoms with Crippen molar-refractivity contribution in [2.75, 3.05) is 12.4 Å². The SMILES string of the molecule is COc1cc(Cl)c(C)cc1NC(=O)Cn1cnc2c(C)cccc2c1=O. The highest BCUT2D eigenvalue weighted by Gasteiger charge is 2.13. The number of para-hydroxylation sites is 1. The number of amides is 1. The fourth-order valence-corrected chi connectivity index (χ4v) is 2.88. The zero-order valence-corrected chi connectivity index (χ0v) is 15.4. The van der Waals surface area contributed by atoms with Gasteiger partial charge in [-0.15, -0.1) is 0 Å². The average molecular weight is 372 g/mol. The van der Waals surface area contributed by atoms with Crippen LogP contribution in [0.5, 0.6) is 5.75 Å². The first-order chi connectivity index (χ1) is 12.4. The first kappa shape index (κ1) is 17.9. The molecule has 134 valence electrons. The second-order valence-electron chi connectivity index (χ2n) is 6.00. The van der Waals surface area contributed by atoms with Gasteiger partial charge in [0.1, 0.15) is 12.3 Å². The fourth-order valence-electron chi connectivity index (χ4n) is 2.72. The van der Waals surface area contributed by atoms with E-state index in [-0.39, 0.29) is 18.0 Å². The Kier molecular flexibility index (Phi) is 4.95. The number of nitrogens with one attached hydrogen (secondary N) is 1. The van der Waals surface area contributed by atoms with E-state index < -0.39 is 0 Å². The quantitative estimate of drug-likeness (QED) is 0.763. The minimum atomic E-state index is -0.360. The maximum atomic E-state index is 12.6. The number of carbonyl (C=O) groups excluding carboxylic acids is 1. The fraction of sp³-hybridized carbons (Fsp3) is 0.211. The lowest BCUT2D eigenvalue weighted by Gasteiger charge is -2.13. The van der Waals surface area contributed by atoms with E-state index in [4.69, 9.17) is 16.3 Å². The van der Waals surface area contributed by atoms with Gasteiger partial charge in [-0.1, -0.05) is 23.7 Å². The number of carbonyl (C=O) groups is 1. The van der Waals surface area contributed by atoms with Crippen molar-refractivity contribution in [3.8, 4) is 5.75 Å². The number of halogens is 1. The van der Waals surface area contributed by atoms with E-state index >= 15 is 0 Å². The number of benzene rings is 2. The molecule has 0 aliphatic carbocycles. The summed E-state index contributed by atoms with van der Waals surface area (Å²) in [5.74, 6) is 0.0921. The summed E-state index contributed by atoms with van der Waals surface area (Å²) in [6.45, 7) is 3.57. The van der Waals surface area contributed by atoms with E-state index in [1.165, 1.54) is 18.0 Å². The number of aromatic nitrogens is 2. The molecule has 2 aromatic carbocycles. The van der Waals surface area contributed by atoms with Crippen LogP contribution < -0.4 is 15.6 Å². The number of fused-ring (bicyclic) bond motifs is 1. The molecule has 0 atom stereocenters. The highest BCUT2D eigenvalue weighted by molar-refractivity contribution is 6.31. The molecule has 7 heteroatoms. The first-order valence-electron chi connectivity index (χ1n) is 7.99. The van der Waals surface area contributed by atoms with Crippen LogP contribution in [0, 0.1) is 13.8 Å². The molecule has 0 saturated carbocycles. The van der Waals surface area contributed by atoms with Gasteiger partial charge in [-0.05, 0) is 37.1 Å². The molecule has 1 amide bonds. The summed E-state index contributed by atoms with van der Waals surface area (Å²) in [5.41, 5.74) is 2.61. The zero-order chi connectivity index (χ0) is 18.8. The Bertz CT molecular complexity index is 1060. The van der Waals surface area contributed by atoms with Crippen molar-refractivity contribution in [1.82, 2.24) is 9.55 Å². The Labute approximate surface area is 155 Å². The third-order valence-corrected chi connectivity index (χ3v) is 4.53. The molecule has 1 aromatic heterocycles. The molecule has 0 spiro atoms. The van der Waals surface area contributed by atoms with Gasteiger partial charge in [-0.3, -0.25) is 14.2 Å². The lowest BCUT2D eigenvalue weighted by Crippen LogP contribution is -2.28. The van der Waals surface area contributed by atoms with Gasteiger partial charge >= 0.3 is 0 Å². The number of aryl methyl sites for hydroxylation is 2. The maximum Gasteiger partial charge on any atom is 0.261 e. The molecule has 26 heavy (non-hydrogen) atoms. The average Bonchev–Trinajstić information content (AvgIpc) is 2.61. The van der Waals surface area contributed by atoms with Crippen LogP contribution in [0.4, 0.5) is 5.69 Å². The van der Waals surface area contributed by atoms with Gasteiger partial charge in [-0.25, -0.2) is 4.98 Å². The predicted molar refractivity (Wildman–Crippen MR) is 102 cm³/mol. The van der Waals surface area contributed by atoms with Gasteiger partial charge in [-0.2, -0.15) is 0 Å². The van der Waals surface area contributed by atoms with Gasteiger partial charge in [0, 0.05) is 11.1 Å². The second kappa shape index (κ2) is 7.17. The van der Waals surface area contributed by atoms with Crippen LogP contribution in [0.15, 0.2) is 41.5 Å². The number of hydrogen-bond donors (Lipinski definition) is 1. The lowest BCUT2D eigenvalue weighted by atomic mass is 10.1. The van der Waals surface area contributed by atoms with Crippen LogP contribution in [0.25, 0.3) is 10.9 Å². The zero-order valence-electron chi connectivity index (χ0n) is 14.7. The van der Waals surface area contributed by atoms with Crippen molar-refractivity contribution in [2.24, 2.45) is 0 Å². The van der Waals surface area contributed by atoms with E-state index in [2.05, 4.69) is 10.3 Å². The Morgan fingerprint density at radius 3 is 2.77 bits per heavy atom. The summed E-state index contributed by atoms with van der Waals surface area (Å²) < 4.78 is 6.53. The summed E-state index contributed by atoms with van der Waals surface area (Å²) in [6, 6.07) is 8.76. The number of ether oxygens (including phenoxy) is 1. The molecule has 0 fully saturated rings. The van der Waals surface area contributed by atoms with Crippen molar-refractivity contribution in [2.45, 2.75) is 20.4 Å². The van der Waals surface area contributed by atoms with Crippen molar-refractivity contribution in [3.05, 3.63) is 63.2 Å². The van der Waals surface area contributed by atoms with E-state index in [1.807, 2.05) is 19.9 Å². The van der Waals surface area contributed by atoms with Crippen LogP contribution >= 0.6 is 11.6 Å². The van der Waals surface area contributed by atoms with Crippen LogP contribution in [0.2, 0.25) is 5.02 Å². The molecule has 3 rings (SSSR count). The first-order valence-corrected chi connectivity index (χ1v) is 8.37. The summed E-state index contributed by atoms with van der Waals surface area (Å²) >= 11 is 6.07. The van der Waals surface area contributed by atoms with E-state index in [1.54, 1.807) is 24.3 Å². The Balaban J connectivity index is 1.88. The highest BCUT2D eigenvalue weighted by Crippen LogP contribution is 2.30. The van der Waals surface area contributed by atoms with Crippen molar-refractivity contribution in [3.63, 3.8) is 0 Å². The lowest BCUT2D eigenvalue weighted by molar-refractivity contribution is -0.116. The summed E-state index contributed by atoms with van der Waals surface area (Å²) in [4.78, 5) is 29.3.